The number of hydrogen-bond acceptors (Lipinski definition) is 5. The van der Waals surface area contributed by atoms with Crippen molar-refractivity contribution in [1.29, 1.82) is 0 Å². The number of carbonyl (C=O) groups excluding carboxylic acids is 1. The number of nitrogens with zero attached hydrogens (tertiary/aromatic N) is 3. The molecule has 0 unspecified atom stereocenters. The van der Waals surface area contributed by atoms with Gasteiger partial charge in [0.1, 0.15) is 10.4 Å². The lowest BCUT2D eigenvalue weighted by molar-refractivity contribution is -0.119. The molecule has 1 saturated heterocycles. The molecule has 1 aliphatic rings. The predicted molar refractivity (Wildman–Crippen MR) is 138 cm³/mol. The van der Waals surface area contributed by atoms with Gasteiger partial charge in [-0.1, -0.05) is 23.2 Å². The number of rotatable bonds is 7. The molecule has 2 aromatic heterocycles. The van der Waals surface area contributed by atoms with Crippen LogP contribution in [0.15, 0.2) is 53.3 Å². The minimum atomic E-state index is 0.0290. The van der Waals surface area contributed by atoms with Crippen molar-refractivity contribution < 1.29 is 9.53 Å². The minimum absolute atomic E-state index is 0.0290. The van der Waals surface area contributed by atoms with E-state index >= 15 is 0 Å². The molecule has 34 heavy (non-hydrogen) atoms. The molecule has 3 aromatic rings. The van der Waals surface area contributed by atoms with Crippen molar-refractivity contribution in [2.45, 2.75) is 26.3 Å². The minimum Gasteiger partial charge on any atom is -0.437 e. The van der Waals surface area contributed by atoms with Crippen molar-refractivity contribution in [1.82, 2.24) is 20.2 Å². The maximum absolute atomic E-state index is 11.2. The summed E-state index contributed by atoms with van der Waals surface area (Å²) in [7, 11) is 0. The Balaban J connectivity index is 1.54. The number of ether oxygens (including phenoxy) is 1. The van der Waals surface area contributed by atoms with Crippen molar-refractivity contribution in [3.63, 3.8) is 0 Å². The maximum Gasteiger partial charge on any atom is 0.220 e. The van der Waals surface area contributed by atoms with Crippen LogP contribution < -0.4 is 10.1 Å². The number of amides is 1. The molecule has 3 heterocycles. The van der Waals surface area contributed by atoms with E-state index in [-0.39, 0.29) is 5.91 Å². The van der Waals surface area contributed by atoms with Crippen LogP contribution in [0.1, 0.15) is 25.3 Å². The van der Waals surface area contributed by atoms with Gasteiger partial charge in [0, 0.05) is 41.7 Å². The second-order valence-electron chi connectivity index (χ2n) is 8.43. The Morgan fingerprint density at radius 2 is 1.88 bits per heavy atom. The molecular formula is C25H25BrCl2N4O2. The van der Waals surface area contributed by atoms with Crippen LogP contribution in [0, 0.1) is 5.92 Å². The molecule has 1 aliphatic heterocycles. The summed E-state index contributed by atoms with van der Waals surface area (Å²) in [6.45, 7) is 5.02. The zero-order valence-corrected chi connectivity index (χ0v) is 21.8. The quantitative estimate of drug-likeness (QED) is 0.339. The molecule has 0 saturated carbocycles. The van der Waals surface area contributed by atoms with Crippen LogP contribution in [0.4, 0.5) is 0 Å². The number of nitrogens with one attached hydrogen (secondary N) is 1. The first-order valence-corrected chi connectivity index (χ1v) is 12.6. The van der Waals surface area contributed by atoms with Crippen molar-refractivity contribution in [2.24, 2.45) is 5.92 Å². The van der Waals surface area contributed by atoms with Crippen LogP contribution in [0.25, 0.3) is 11.3 Å². The van der Waals surface area contributed by atoms with Crippen molar-refractivity contribution in [2.75, 3.05) is 19.6 Å². The van der Waals surface area contributed by atoms with Gasteiger partial charge in [0.25, 0.3) is 0 Å². The van der Waals surface area contributed by atoms with Gasteiger partial charge in [0.05, 0.1) is 11.9 Å². The highest BCUT2D eigenvalue weighted by Gasteiger charge is 2.20. The molecule has 4 rings (SSSR count). The van der Waals surface area contributed by atoms with Gasteiger partial charge < -0.3 is 10.1 Å². The Bertz CT molecular complexity index is 1130. The summed E-state index contributed by atoms with van der Waals surface area (Å²) >= 11 is 15.8. The number of aromatic nitrogens is 2. The lowest BCUT2D eigenvalue weighted by atomic mass is 9.96. The Kier molecular flexibility index (Phi) is 8.42. The number of carbonyl (C=O) groups is 1. The molecule has 178 valence electrons. The van der Waals surface area contributed by atoms with E-state index in [0.717, 1.165) is 60.4 Å². The maximum atomic E-state index is 11.2. The van der Waals surface area contributed by atoms with Crippen molar-refractivity contribution >= 4 is 45.0 Å². The molecule has 0 spiro atoms. The fourth-order valence-electron chi connectivity index (χ4n) is 3.99. The fourth-order valence-corrected chi connectivity index (χ4v) is 4.75. The van der Waals surface area contributed by atoms with E-state index in [1.807, 2.05) is 30.3 Å². The number of benzene rings is 1. The molecule has 1 fully saturated rings. The number of hydrogen-bond donors (Lipinski definition) is 1. The van der Waals surface area contributed by atoms with E-state index in [1.54, 1.807) is 19.2 Å². The third kappa shape index (κ3) is 7.15. The predicted octanol–water partition coefficient (Wildman–Crippen LogP) is 6.35. The third-order valence-corrected chi connectivity index (χ3v) is 6.60. The fraction of sp³-hybridized carbons (Fsp3) is 0.320. The first kappa shape index (κ1) is 24.9. The Morgan fingerprint density at radius 3 is 2.53 bits per heavy atom. The van der Waals surface area contributed by atoms with Crippen LogP contribution in [-0.4, -0.2) is 40.4 Å². The average molecular weight is 564 g/mol. The summed E-state index contributed by atoms with van der Waals surface area (Å²) in [5.74, 6) is 1.63. The monoisotopic (exact) mass is 562 g/mol. The summed E-state index contributed by atoms with van der Waals surface area (Å²) in [5.41, 5.74) is 2.65. The molecule has 0 radical (unpaired) electrons. The second kappa shape index (κ2) is 11.5. The van der Waals surface area contributed by atoms with Crippen LogP contribution in [0.3, 0.4) is 0 Å². The highest BCUT2D eigenvalue weighted by Crippen LogP contribution is 2.31. The Hall–Kier alpha value is -2.19. The summed E-state index contributed by atoms with van der Waals surface area (Å²) in [4.78, 5) is 22.6. The Morgan fingerprint density at radius 1 is 1.15 bits per heavy atom. The first-order chi connectivity index (χ1) is 16.3. The lowest BCUT2D eigenvalue weighted by Crippen LogP contribution is -2.37. The highest BCUT2D eigenvalue weighted by atomic mass is 79.9. The van der Waals surface area contributed by atoms with Crippen molar-refractivity contribution in [3.05, 3.63) is 68.9 Å². The van der Waals surface area contributed by atoms with Crippen LogP contribution >= 0.6 is 39.1 Å². The van der Waals surface area contributed by atoms with Gasteiger partial charge >= 0.3 is 0 Å². The van der Waals surface area contributed by atoms with E-state index in [1.165, 1.54) is 0 Å². The molecule has 1 N–H and O–H groups in total. The largest absolute Gasteiger partial charge is 0.437 e. The first-order valence-electron chi connectivity index (χ1n) is 11.1. The van der Waals surface area contributed by atoms with Gasteiger partial charge in [-0.3, -0.25) is 9.69 Å². The van der Waals surface area contributed by atoms with Gasteiger partial charge in [0.15, 0.2) is 0 Å². The number of likely N-dealkylation sites (tertiary alicyclic amines) is 1. The average Bonchev–Trinajstić information content (AvgIpc) is 2.79. The van der Waals surface area contributed by atoms with E-state index in [0.29, 0.717) is 27.6 Å². The summed E-state index contributed by atoms with van der Waals surface area (Å²) < 4.78 is 6.77. The second-order valence-corrected chi connectivity index (χ2v) is 10.1. The summed E-state index contributed by atoms with van der Waals surface area (Å²) in [6.07, 6.45) is 3.75. The molecule has 1 amide bonds. The van der Waals surface area contributed by atoms with Crippen LogP contribution in [0.5, 0.6) is 11.6 Å². The van der Waals surface area contributed by atoms with Gasteiger partial charge in [-0.15, -0.1) is 0 Å². The zero-order chi connectivity index (χ0) is 24.1. The summed E-state index contributed by atoms with van der Waals surface area (Å²) in [5, 5.41) is 4.04. The smallest absolute Gasteiger partial charge is 0.220 e. The SMILES string of the molecule is CC(=O)NCC1CCN(Cc2cc(Oc3ccc(Br)nc3)nc(-c3cc(Cl)cc(Cl)c3)c2)CC1. The normalized spacial score (nSPS) is 14.7. The lowest BCUT2D eigenvalue weighted by Gasteiger charge is -2.32. The van der Waals surface area contributed by atoms with Gasteiger partial charge in [-0.25, -0.2) is 9.97 Å². The van der Waals surface area contributed by atoms with Gasteiger partial charge in [-0.05, 0) is 89.7 Å². The van der Waals surface area contributed by atoms with E-state index in [2.05, 4.69) is 37.2 Å². The Labute approximate surface area is 217 Å². The number of pyridine rings is 2. The molecule has 1 aromatic carbocycles. The zero-order valence-electron chi connectivity index (χ0n) is 18.7. The molecule has 9 heteroatoms. The molecule has 6 nitrogen and oxygen atoms in total. The topological polar surface area (TPSA) is 67.4 Å². The van der Waals surface area contributed by atoms with Crippen LogP contribution in [-0.2, 0) is 11.3 Å². The van der Waals surface area contributed by atoms with Gasteiger partial charge in [-0.2, -0.15) is 0 Å². The van der Waals surface area contributed by atoms with E-state index < -0.39 is 0 Å². The van der Waals surface area contributed by atoms with Crippen molar-refractivity contribution in [3.8, 4) is 22.9 Å². The summed E-state index contributed by atoms with van der Waals surface area (Å²) in [6, 6.07) is 13.1. The van der Waals surface area contributed by atoms with Crippen LogP contribution in [0.2, 0.25) is 10.0 Å². The van der Waals surface area contributed by atoms with Gasteiger partial charge in [0.2, 0.25) is 11.8 Å². The standard InChI is InChI=1S/C25H25BrCl2N4O2/c1-16(33)29-13-17-4-6-32(7-5-17)15-18-8-23(19-10-20(27)12-21(28)11-19)31-25(9-18)34-22-2-3-24(26)30-14-22/h2-3,8-12,14,17H,4-7,13,15H2,1H3,(H,29,33). The number of halogens is 3. The molecular weight excluding hydrogens is 539 g/mol. The van der Waals surface area contributed by atoms with E-state index in [4.69, 9.17) is 32.9 Å². The van der Waals surface area contributed by atoms with E-state index in [9.17, 15) is 4.79 Å². The number of piperidine rings is 1. The molecule has 0 bridgehead atoms. The molecule has 0 atom stereocenters. The third-order valence-electron chi connectivity index (χ3n) is 5.70. The highest BCUT2D eigenvalue weighted by molar-refractivity contribution is 9.10. The molecule has 0 aliphatic carbocycles.